The Morgan fingerprint density at radius 2 is 1.94 bits per heavy atom. The van der Waals surface area contributed by atoms with Crippen LogP contribution in [0.3, 0.4) is 0 Å². The Bertz CT molecular complexity index is 1180. The number of halogens is 1. The van der Waals surface area contributed by atoms with Gasteiger partial charge in [-0.15, -0.1) is 0 Å². The van der Waals surface area contributed by atoms with Crippen molar-refractivity contribution in [1.82, 2.24) is 9.78 Å². The minimum absolute atomic E-state index is 0.0703. The highest BCUT2D eigenvalue weighted by Gasteiger charge is 2.13. The predicted molar refractivity (Wildman–Crippen MR) is 134 cm³/mol. The lowest BCUT2D eigenvalue weighted by Gasteiger charge is -2.17. The number of rotatable bonds is 9. The lowest BCUT2D eigenvalue weighted by molar-refractivity contribution is 0.104. The maximum Gasteiger partial charge on any atom is 0.189 e. The van der Waals surface area contributed by atoms with Gasteiger partial charge in [-0.3, -0.25) is 9.48 Å². The second-order valence-corrected chi connectivity index (χ2v) is 8.74. The van der Waals surface area contributed by atoms with Gasteiger partial charge in [0, 0.05) is 23.3 Å². The van der Waals surface area contributed by atoms with E-state index in [2.05, 4.69) is 18.9 Å². The van der Waals surface area contributed by atoms with Crippen molar-refractivity contribution in [3.63, 3.8) is 0 Å². The van der Waals surface area contributed by atoms with E-state index in [0.717, 1.165) is 51.0 Å². The zero-order chi connectivity index (χ0) is 24.1. The lowest BCUT2D eigenvalue weighted by atomic mass is 10.0. The van der Waals surface area contributed by atoms with Gasteiger partial charge in [0.2, 0.25) is 0 Å². The Morgan fingerprint density at radius 1 is 1.18 bits per heavy atom. The molecule has 174 valence electrons. The molecule has 33 heavy (non-hydrogen) atoms. The number of carbonyl (C=O) groups is 1. The number of carbonyl (C=O) groups excluding carboxylic acids is 1. The molecule has 2 aromatic carbocycles. The molecule has 0 bridgehead atoms. The largest absolute Gasteiger partial charge is 0.496 e. The predicted octanol–water partition coefficient (Wildman–Crippen LogP) is 6.78. The topological polar surface area (TPSA) is 53.4 Å². The van der Waals surface area contributed by atoms with Gasteiger partial charge in [-0.1, -0.05) is 37.6 Å². The minimum Gasteiger partial charge on any atom is -0.496 e. The number of methoxy groups -OCH3 is 1. The number of aromatic nitrogens is 2. The van der Waals surface area contributed by atoms with Gasteiger partial charge in [0.05, 0.1) is 18.4 Å². The van der Waals surface area contributed by atoms with Crippen LogP contribution in [0.15, 0.2) is 42.6 Å². The number of nitrogens with zero attached hydrogens (tertiary/aromatic N) is 2. The van der Waals surface area contributed by atoms with E-state index in [1.165, 1.54) is 0 Å². The molecule has 0 aliphatic carbocycles. The molecule has 0 saturated heterocycles. The van der Waals surface area contributed by atoms with Gasteiger partial charge in [-0.25, -0.2) is 0 Å². The molecule has 6 heteroatoms. The van der Waals surface area contributed by atoms with Crippen molar-refractivity contribution in [3.05, 3.63) is 81.1 Å². The molecule has 1 aromatic heterocycles. The van der Waals surface area contributed by atoms with Gasteiger partial charge in [-0.2, -0.15) is 5.10 Å². The average molecular weight is 467 g/mol. The van der Waals surface area contributed by atoms with E-state index in [4.69, 9.17) is 21.1 Å². The highest BCUT2D eigenvalue weighted by Crippen LogP contribution is 2.33. The third kappa shape index (κ3) is 5.85. The maximum absolute atomic E-state index is 12.6. The Hall–Kier alpha value is -3.05. The van der Waals surface area contributed by atoms with E-state index in [1.54, 1.807) is 30.1 Å². The quantitative estimate of drug-likeness (QED) is 0.257. The Kier molecular flexibility index (Phi) is 7.98. The Labute approximate surface area is 201 Å². The molecule has 3 aromatic rings. The van der Waals surface area contributed by atoms with Gasteiger partial charge in [-0.05, 0) is 73.7 Å². The van der Waals surface area contributed by atoms with Crippen LogP contribution >= 0.6 is 11.6 Å². The molecule has 0 spiro atoms. The Morgan fingerprint density at radius 3 is 2.58 bits per heavy atom. The summed E-state index contributed by atoms with van der Waals surface area (Å²) in [5.41, 5.74) is 5.16. The van der Waals surface area contributed by atoms with E-state index < -0.39 is 0 Å². The van der Waals surface area contributed by atoms with Crippen molar-refractivity contribution in [2.75, 3.05) is 7.11 Å². The molecule has 5 nitrogen and oxygen atoms in total. The highest BCUT2D eigenvalue weighted by molar-refractivity contribution is 6.31. The van der Waals surface area contributed by atoms with Crippen LogP contribution in [-0.4, -0.2) is 22.7 Å². The summed E-state index contributed by atoms with van der Waals surface area (Å²) >= 11 is 6.32. The average Bonchev–Trinajstić information content (AvgIpc) is 3.18. The summed E-state index contributed by atoms with van der Waals surface area (Å²) in [4.78, 5) is 12.6. The monoisotopic (exact) mass is 466 g/mol. The fourth-order valence-corrected chi connectivity index (χ4v) is 3.77. The maximum atomic E-state index is 12.6. The molecule has 0 unspecified atom stereocenters. The summed E-state index contributed by atoms with van der Waals surface area (Å²) in [5.74, 6) is 1.75. The van der Waals surface area contributed by atoms with E-state index in [0.29, 0.717) is 12.2 Å². The van der Waals surface area contributed by atoms with Crippen molar-refractivity contribution in [3.8, 4) is 11.5 Å². The molecule has 0 N–H and O–H groups in total. The zero-order valence-electron chi connectivity index (χ0n) is 20.1. The molecule has 1 heterocycles. The number of hydrogen-bond donors (Lipinski definition) is 0. The van der Waals surface area contributed by atoms with Crippen molar-refractivity contribution in [2.24, 2.45) is 0 Å². The summed E-state index contributed by atoms with van der Waals surface area (Å²) in [6.07, 6.45) is 5.17. The first-order valence-corrected chi connectivity index (χ1v) is 11.5. The summed E-state index contributed by atoms with van der Waals surface area (Å²) in [6, 6.07) is 9.73. The highest BCUT2D eigenvalue weighted by atomic mass is 35.5. The van der Waals surface area contributed by atoms with Crippen LogP contribution < -0.4 is 9.47 Å². The molecule has 0 saturated carbocycles. The van der Waals surface area contributed by atoms with Gasteiger partial charge < -0.3 is 9.47 Å². The minimum atomic E-state index is -0.0703. The SMILES string of the molecule is CCn1cc(C(=O)/C=C/c2ccc(OC)c(COc3cc(C)c(Cl)cc3C(C)C)c2)c(C)n1. The zero-order valence-corrected chi connectivity index (χ0v) is 20.9. The number of hydrogen-bond acceptors (Lipinski definition) is 4. The van der Waals surface area contributed by atoms with E-state index >= 15 is 0 Å². The summed E-state index contributed by atoms with van der Waals surface area (Å²) in [7, 11) is 1.64. The van der Waals surface area contributed by atoms with Gasteiger partial charge in [0.15, 0.2) is 5.78 Å². The summed E-state index contributed by atoms with van der Waals surface area (Å²) < 4.78 is 13.5. The lowest BCUT2D eigenvalue weighted by Crippen LogP contribution is -2.03. The van der Waals surface area contributed by atoms with Crippen LogP contribution in [0.1, 0.15) is 65.0 Å². The first-order chi connectivity index (χ1) is 15.7. The van der Waals surface area contributed by atoms with Crippen LogP contribution in [0.4, 0.5) is 0 Å². The normalized spacial score (nSPS) is 11.4. The van der Waals surface area contributed by atoms with Crippen LogP contribution in [-0.2, 0) is 13.2 Å². The van der Waals surface area contributed by atoms with E-state index in [1.807, 2.05) is 51.1 Å². The fourth-order valence-electron chi connectivity index (χ4n) is 3.60. The summed E-state index contributed by atoms with van der Waals surface area (Å²) in [5, 5.41) is 5.08. The number of benzene rings is 2. The van der Waals surface area contributed by atoms with Crippen LogP contribution in [0.25, 0.3) is 6.08 Å². The number of ketones is 1. The first-order valence-electron chi connectivity index (χ1n) is 11.1. The van der Waals surface area contributed by atoms with Crippen molar-refractivity contribution < 1.29 is 14.3 Å². The molecular formula is C27H31ClN2O3. The van der Waals surface area contributed by atoms with Gasteiger partial charge in [0.1, 0.15) is 18.1 Å². The number of allylic oxidation sites excluding steroid dienone is 1. The van der Waals surface area contributed by atoms with E-state index in [9.17, 15) is 4.79 Å². The van der Waals surface area contributed by atoms with Crippen molar-refractivity contribution in [1.29, 1.82) is 0 Å². The molecule has 0 atom stereocenters. The molecule has 0 radical (unpaired) electrons. The van der Waals surface area contributed by atoms with Crippen LogP contribution in [0.2, 0.25) is 5.02 Å². The second-order valence-electron chi connectivity index (χ2n) is 8.34. The molecule has 0 amide bonds. The van der Waals surface area contributed by atoms with Gasteiger partial charge >= 0.3 is 0 Å². The third-order valence-corrected chi connectivity index (χ3v) is 5.97. The van der Waals surface area contributed by atoms with Crippen molar-refractivity contribution >= 4 is 23.5 Å². The molecule has 0 aliphatic rings. The summed E-state index contributed by atoms with van der Waals surface area (Å²) in [6.45, 7) is 11.1. The standard InChI is InChI=1S/C27H31ClN2O3/c1-7-30-15-23(19(5)29-30)25(31)10-8-20-9-11-26(32-6)21(13-20)16-33-27-12-18(4)24(28)14-22(27)17(2)3/h8-15,17H,7,16H2,1-6H3/b10-8+. The fraction of sp³-hybridized carbons (Fsp3) is 0.333. The van der Waals surface area contributed by atoms with Crippen LogP contribution in [0, 0.1) is 13.8 Å². The first kappa shape index (κ1) is 24.6. The molecule has 3 rings (SSSR count). The number of aryl methyl sites for hydroxylation is 3. The van der Waals surface area contributed by atoms with Crippen LogP contribution in [0.5, 0.6) is 11.5 Å². The molecular weight excluding hydrogens is 436 g/mol. The third-order valence-electron chi connectivity index (χ3n) is 5.56. The van der Waals surface area contributed by atoms with Gasteiger partial charge in [0.25, 0.3) is 0 Å². The molecule has 0 aliphatic heterocycles. The molecule has 0 fully saturated rings. The smallest absolute Gasteiger partial charge is 0.189 e. The number of ether oxygens (including phenoxy) is 2. The Balaban J connectivity index is 1.82. The second kappa shape index (κ2) is 10.7. The van der Waals surface area contributed by atoms with Crippen molar-refractivity contribution in [2.45, 2.75) is 53.7 Å². The van der Waals surface area contributed by atoms with E-state index in [-0.39, 0.29) is 11.7 Å².